The average molecular weight is 407 g/mol. The Morgan fingerprint density at radius 2 is 1.72 bits per heavy atom. The molecule has 5 heteroatoms. The number of anilines is 1. The zero-order valence-electron chi connectivity index (χ0n) is 16.2. The quantitative estimate of drug-likeness (QED) is 0.561. The Kier molecular flexibility index (Phi) is 4.84. The lowest BCUT2D eigenvalue weighted by atomic mass is 9.88. The summed E-state index contributed by atoms with van der Waals surface area (Å²) in [6.07, 6.45) is 5.76. The van der Waals surface area contributed by atoms with Crippen LogP contribution in [0.2, 0.25) is 0 Å². The number of urea groups is 1. The fourth-order valence-corrected chi connectivity index (χ4v) is 6.15. The van der Waals surface area contributed by atoms with Gasteiger partial charge in [0.15, 0.2) is 0 Å². The minimum Gasteiger partial charge on any atom is -0.312 e. The molecular formula is C24H23FN2OS. The topological polar surface area (TPSA) is 32.3 Å². The summed E-state index contributed by atoms with van der Waals surface area (Å²) in [4.78, 5) is 18.0. The Balaban J connectivity index is 1.52. The van der Waals surface area contributed by atoms with Gasteiger partial charge in [-0.1, -0.05) is 30.3 Å². The van der Waals surface area contributed by atoms with Gasteiger partial charge in [-0.3, -0.25) is 0 Å². The van der Waals surface area contributed by atoms with E-state index in [9.17, 15) is 9.18 Å². The van der Waals surface area contributed by atoms with Crippen LogP contribution >= 0.6 is 11.3 Å². The standard InChI is InChI=1S/C24H23FN2OS/c25-17-10-12-18(13-11-17)26-24(28)27-15-14-20-19-8-4-5-9-21(19)29-23(20)22(27)16-6-2-1-3-7-16/h1-3,6-7,10-13,22H,4-5,8-9,14-15H2,(H,26,28)/t22-/m0/s1. The van der Waals surface area contributed by atoms with E-state index in [2.05, 4.69) is 17.4 Å². The van der Waals surface area contributed by atoms with Crippen LogP contribution < -0.4 is 5.32 Å². The SMILES string of the molecule is O=C(Nc1ccc(F)cc1)N1CCc2c(sc3c2CCCC3)[C@@H]1c1ccccc1. The van der Waals surface area contributed by atoms with Crippen LogP contribution in [0.4, 0.5) is 14.9 Å². The summed E-state index contributed by atoms with van der Waals surface area (Å²) in [7, 11) is 0. The zero-order chi connectivity index (χ0) is 19.8. The van der Waals surface area contributed by atoms with Crippen molar-refractivity contribution >= 4 is 23.1 Å². The number of hydrogen-bond acceptors (Lipinski definition) is 2. The van der Waals surface area contributed by atoms with Gasteiger partial charge in [-0.2, -0.15) is 0 Å². The van der Waals surface area contributed by atoms with E-state index in [1.807, 2.05) is 34.4 Å². The molecule has 3 aromatic rings. The van der Waals surface area contributed by atoms with Crippen molar-refractivity contribution in [2.24, 2.45) is 0 Å². The van der Waals surface area contributed by atoms with Gasteiger partial charge in [0, 0.05) is 22.0 Å². The maximum atomic E-state index is 13.2. The third-order valence-electron chi connectivity index (χ3n) is 5.95. The van der Waals surface area contributed by atoms with Gasteiger partial charge in [0.1, 0.15) is 5.82 Å². The second-order valence-corrected chi connectivity index (χ2v) is 8.88. The molecule has 2 heterocycles. The monoisotopic (exact) mass is 406 g/mol. The predicted octanol–water partition coefficient (Wildman–Crippen LogP) is 5.95. The van der Waals surface area contributed by atoms with Gasteiger partial charge in [0.05, 0.1) is 6.04 Å². The highest BCUT2D eigenvalue weighted by molar-refractivity contribution is 7.12. The molecule has 2 aliphatic rings. The average Bonchev–Trinajstić information content (AvgIpc) is 3.14. The lowest BCUT2D eigenvalue weighted by Crippen LogP contribution is -2.42. The minimum absolute atomic E-state index is 0.0731. The maximum Gasteiger partial charge on any atom is 0.322 e. The summed E-state index contributed by atoms with van der Waals surface area (Å²) in [5.74, 6) is -0.308. The fraction of sp³-hybridized carbons (Fsp3) is 0.292. The van der Waals surface area contributed by atoms with Gasteiger partial charge in [0.2, 0.25) is 0 Å². The van der Waals surface area contributed by atoms with Crippen molar-refractivity contribution in [2.75, 3.05) is 11.9 Å². The first-order chi connectivity index (χ1) is 14.2. The summed E-state index contributed by atoms with van der Waals surface area (Å²) in [5, 5.41) is 2.96. The Morgan fingerprint density at radius 1 is 0.966 bits per heavy atom. The summed E-state index contributed by atoms with van der Waals surface area (Å²) in [5.41, 5.74) is 4.78. The highest BCUT2D eigenvalue weighted by Gasteiger charge is 2.36. The molecule has 3 nitrogen and oxygen atoms in total. The van der Waals surface area contributed by atoms with Crippen molar-refractivity contribution in [1.82, 2.24) is 4.90 Å². The molecular weight excluding hydrogens is 383 g/mol. The first kappa shape index (κ1) is 18.4. The fourth-order valence-electron chi connectivity index (χ4n) is 4.56. The second-order valence-electron chi connectivity index (χ2n) is 7.75. The Bertz CT molecular complexity index is 1030. The van der Waals surface area contributed by atoms with Gasteiger partial charge < -0.3 is 10.2 Å². The van der Waals surface area contributed by atoms with Crippen LogP contribution in [0.25, 0.3) is 0 Å². The normalized spacial score (nSPS) is 18.1. The number of amides is 2. The van der Waals surface area contributed by atoms with E-state index in [0.717, 1.165) is 18.4 Å². The molecule has 0 saturated carbocycles. The van der Waals surface area contributed by atoms with Crippen LogP contribution in [0.15, 0.2) is 54.6 Å². The molecule has 2 amide bonds. The molecule has 148 valence electrons. The molecule has 1 aromatic heterocycles. The van der Waals surface area contributed by atoms with Crippen LogP contribution in [0.1, 0.15) is 45.3 Å². The zero-order valence-corrected chi connectivity index (χ0v) is 17.0. The Hall–Kier alpha value is -2.66. The van der Waals surface area contributed by atoms with Gasteiger partial charge >= 0.3 is 6.03 Å². The molecule has 0 saturated heterocycles. The van der Waals surface area contributed by atoms with Crippen LogP contribution in [-0.2, 0) is 19.3 Å². The molecule has 29 heavy (non-hydrogen) atoms. The van der Waals surface area contributed by atoms with Crippen molar-refractivity contribution in [3.63, 3.8) is 0 Å². The molecule has 0 bridgehead atoms. The van der Waals surface area contributed by atoms with E-state index in [1.165, 1.54) is 46.7 Å². The largest absolute Gasteiger partial charge is 0.322 e. The number of benzene rings is 2. The number of halogens is 1. The van der Waals surface area contributed by atoms with Gasteiger partial charge in [0.25, 0.3) is 0 Å². The summed E-state index contributed by atoms with van der Waals surface area (Å²) in [6, 6.07) is 16.0. The summed E-state index contributed by atoms with van der Waals surface area (Å²) >= 11 is 1.90. The van der Waals surface area contributed by atoms with Crippen molar-refractivity contribution in [1.29, 1.82) is 0 Å². The Labute approximate surface area is 174 Å². The van der Waals surface area contributed by atoms with Crippen molar-refractivity contribution in [3.8, 4) is 0 Å². The molecule has 5 rings (SSSR count). The van der Waals surface area contributed by atoms with Crippen LogP contribution in [0, 0.1) is 5.82 Å². The number of thiophene rings is 1. The highest BCUT2D eigenvalue weighted by atomic mass is 32.1. The van der Waals surface area contributed by atoms with Crippen molar-refractivity contribution in [2.45, 2.75) is 38.1 Å². The molecule has 1 aliphatic heterocycles. The van der Waals surface area contributed by atoms with Crippen LogP contribution in [0.3, 0.4) is 0 Å². The number of carbonyl (C=O) groups excluding carboxylic acids is 1. The number of hydrogen-bond donors (Lipinski definition) is 1. The molecule has 0 radical (unpaired) electrons. The Morgan fingerprint density at radius 3 is 2.52 bits per heavy atom. The van der Waals surface area contributed by atoms with E-state index in [4.69, 9.17) is 0 Å². The molecule has 1 atom stereocenters. The van der Waals surface area contributed by atoms with Gasteiger partial charge in [-0.15, -0.1) is 11.3 Å². The maximum absolute atomic E-state index is 13.2. The van der Waals surface area contributed by atoms with Crippen LogP contribution in [-0.4, -0.2) is 17.5 Å². The van der Waals surface area contributed by atoms with Gasteiger partial charge in [-0.25, -0.2) is 9.18 Å². The number of aryl methyl sites for hydroxylation is 1. The first-order valence-corrected chi connectivity index (χ1v) is 11.0. The summed E-state index contributed by atoms with van der Waals surface area (Å²) < 4.78 is 13.2. The van der Waals surface area contributed by atoms with E-state index in [-0.39, 0.29) is 17.9 Å². The lowest BCUT2D eigenvalue weighted by Gasteiger charge is -2.36. The highest BCUT2D eigenvalue weighted by Crippen LogP contribution is 2.45. The number of nitrogens with zero attached hydrogens (tertiary/aromatic N) is 1. The third kappa shape index (κ3) is 3.44. The van der Waals surface area contributed by atoms with Crippen molar-refractivity contribution in [3.05, 3.63) is 86.9 Å². The lowest BCUT2D eigenvalue weighted by molar-refractivity contribution is 0.195. The molecule has 0 unspecified atom stereocenters. The number of fused-ring (bicyclic) bond motifs is 3. The number of carbonyl (C=O) groups is 1. The van der Waals surface area contributed by atoms with E-state index >= 15 is 0 Å². The molecule has 1 N–H and O–H groups in total. The van der Waals surface area contributed by atoms with Crippen molar-refractivity contribution < 1.29 is 9.18 Å². The molecule has 1 aliphatic carbocycles. The summed E-state index contributed by atoms with van der Waals surface area (Å²) in [6.45, 7) is 0.683. The molecule has 2 aromatic carbocycles. The first-order valence-electron chi connectivity index (χ1n) is 10.2. The molecule has 0 spiro atoms. The smallest absolute Gasteiger partial charge is 0.312 e. The number of rotatable bonds is 2. The molecule has 0 fully saturated rings. The minimum atomic E-state index is -0.308. The van der Waals surface area contributed by atoms with E-state index < -0.39 is 0 Å². The predicted molar refractivity (Wildman–Crippen MR) is 115 cm³/mol. The third-order valence-corrected chi connectivity index (χ3v) is 7.33. The number of nitrogens with one attached hydrogen (secondary N) is 1. The van der Waals surface area contributed by atoms with E-state index in [0.29, 0.717) is 12.2 Å². The van der Waals surface area contributed by atoms with Gasteiger partial charge in [-0.05, 0) is 73.1 Å². The second kappa shape index (κ2) is 7.64. The van der Waals surface area contributed by atoms with E-state index in [1.54, 1.807) is 17.7 Å². The van der Waals surface area contributed by atoms with Crippen LogP contribution in [0.5, 0.6) is 0 Å².